The molecule has 6 heteroatoms. The van der Waals surface area contributed by atoms with Crippen molar-refractivity contribution in [2.75, 3.05) is 13.2 Å². The minimum absolute atomic E-state index is 0.544. The third kappa shape index (κ3) is 5.86. The van der Waals surface area contributed by atoms with Gasteiger partial charge in [0.25, 0.3) is 0 Å². The fourth-order valence-electron chi connectivity index (χ4n) is 2.21. The van der Waals surface area contributed by atoms with E-state index in [2.05, 4.69) is 16.7 Å². The number of benzene rings is 2. The van der Waals surface area contributed by atoms with E-state index in [1.54, 1.807) is 6.07 Å². The molecule has 0 aromatic heterocycles. The second-order valence-corrected chi connectivity index (χ2v) is 6.37. The van der Waals surface area contributed by atoms with Gasteiger partial charge < -0.3 is 15.4 Å². The van der Waals surface area contributed by atoms with Crippen molar-refractivity contribution in [1.82, 2.24) is 10.6 Å². The van der Waals surface area contributed by atoms with Crippen molar-refractivity contribution in [3.05, 3.63) is 63.6 Å². The third-order valence-electron chi connectivity index (χ3n) is 3.39. The maximum Gasteiger partial charge on any atom is 0.166 e. The zero-order valence-corrected chi connectivity index (χ0v) is 15.8. The lowest BCUT2D eigenvalue weighted by Gasteiger charge is -2.13. The molecule has 2 N–H and O–H groups in total. The highest BCUT2D eigenvalue weighted by molar-refractivity contribution is 7.80. The molecule has 0 heterocycles. The van der Waals surface area contributed by atoms with Gasteiger partial charge in [0.1, 0.15) is 5.75 Å². The van der Waals surface area contributed by atoms with Crippen LogP contribution in [0.3, 0.4) is 0 Å². The van der Waals surface area contributed by atoms with E-state index in [0.29, 0.717) is 28.3 Å². The van der Waals surface area contributed by atoms with Crippen LogP contribution in [-0.2, 0) is 13.0 Å². The van der Waals surface area contributed by atoms with Crippen LogP contribution in [0.5, 0.6) is 5.75 Å². The average molecular weight is 383 g/mol. The molecule has 2 aromatic rings. The van der Waals surface area contributed by atoms with Crippen LogP contribution >= 0.6 is 35.4 Å². The summed E-state index contributed by atoms with van der Waals surface area (Å²) < 4.78 is 5.62. The summed E-state index contributed by atoms with van der Waals surface area (Å²) in [6, 6.07) is 13.6. The highest BCUT2D eigenvalue weighted by Crippen LogP contribution is 2.22. The molecule has 0 amide bonds. The van der Waals surface area contributed by atoms with E-state index >= 15 is 0 Å². The van der Waals surface area contributed by atoms with Crippen LogP contribution in [0, 0.1) is 0 Å². The predicted molar refractivity (Wildman–Crippen MR) is 105 cm³/mol. The summed E-state index contributed by atoms with van der Waals surface area (Å²) in [6.45, 7) is 3.97. The maximum atomic E-state index is 6.00. The minimum Gasteiger partial charge on any atom is -0.494 e. The Kier molecular flexibility index (Phi) is 7.63. The zero-order valence-electron chi connectivity index (χ0n) is 13.4. The minimum atomic E-state index is 0.544. The number of thiocarbonyl (C=S) groups is 1. The summed E-state index contributed by atoms with van der Waals surface area (Å²) >= 11 is 17.2. The van der Waals surface area contributed by atoms with Gasteiger partial charge in [-0.25, -0.2) is 0 Å². The molecule has 0 spiro atoms. The lowest BCUT2D eigenvalue weighted by atomic mass is 10.1. The molecule has 0 saturated carbocycles. The smallest absolute Gasteiger partial charge is 0.166 e. The van der Waals surface area contributed by atoms with Crippen LogP contribution in [0.1, 0.15) is 18.1 Å². The molecule has 2 rings (SSSR count). The van der Waals surface area contributed by atoms with Gasteiger partial charge in [-0.2, -0.15) is 0 Å². The van der Waals surface area contributed by atoms with Gasteiger partial charge in [-0.15, -0.1) is 0 Å². The van der Waals surface area contributed by atoms with E-state index in [1.807, 2.05) is 37.3 Å². The van der Waals surface area contributed by atoms with E-state index < -0.39 is 0 Å². The molecule has 0 radical (unpaired) electrons. The van der Waals surface area contributed by atoms with Gasteiger partial charge in [-0.1, -0.05) is 47.5 Å². The van der Waals surface area contributed by atoms with Crippen LogP contribution in [-0.4, -0.2) is 18.3 Å². The number of hydrogen-bond donors (Lipinski definition) is 2. The molecule has 0 atom stereocenters. The van der Waals surface area contributed by atoms with Crippen molar-refractivity contribution < 1.29 is 4.74 Å². The molecule has 0 aliphatic carbocycles. The Balaban J connectivity index is 1.76. The summed E-state index contributed by atoms with van der Waals surface area (Å²) in [5.41, 5.74) is 2.19. The maximum absolute atomic E-state index is 6.00. The molecule has 3 nitrogen and oxygen atoms in total. The number of hydrogen-bond acceptors (Lipinski definition) is 2. The molecule has 0 aliphatic heterocycles. The van der Waals surface area contributed by atoms with E-state index in [4.69, 9.17) is 40.2 Å². The van der Waals surface area contributed by atoms with Gasteiger partial charge in [0.15, 0.2) is 5.11 Å². The molecule has 0 aliphatic rings. The normalized spacial score (nSPS) is 10.3. The molecule has 0 saturated heterocycles. The number of para-hydroxylation sites is 1. The predicted octanol–water partition coefficient (Wildman–Crippen LogP) is 4.60. The zero-order chi connectivity index (χ0) is 17.4. The second-order valence-electron chi connectivity index (χ2n) is 5.15. The monoisotopic (exact) mass is 382 g/mol. The van der Waals surface area contributed by atoms with Crippen molar-refractivity contribution in [2.24, 2.45) is 0 Å². The van der Waals surface area contributed by atoms with E-state index in [1.165, 1.54) is 5.56 Å². The highest BCUT2D eigenvalue weighted by Gasteiger charge is 2.04. The Morgan fingerprint density at radius 2 is 1.88 bits per heavy atom. The first kappa shape index (κ1) is 18.8. The summed E-state index contributed by atoms with van der Waals surface area (Å²) in [5, 5.41) is 8.06. The van der Waals surface area contributed by atoms with Gasteiger partial charge in [0.2, 0.25) is 0 Å². The van der Waals surface area contributed by atoms with Crippen molar-refractivity contribution in [3.63, 3.8) is 0 Å². The fourth-order valence-corrected chi connectivity index (χ4v) is 2.71. The van der Waals surface area contributed by atoms with Gasteiger partial charge in [0.05, 0.1) is 16.7 Å². The Labute approximate surface area is 158 Å². The van der Waals surface area contributed by atoms with Crippen molar-refractivity contribution in [2.45, 2.75) is 19.9 Å². The van der Waals surface area contributed by atoms with Crippen LogP contribution in [0.25, 0.3) is 0 Å². The molecule has 0 fully saturated rings. The first-order valence-electron chi connectivity index (χ1n) is 7.76. The van der Waals surface area contributed by atoms with E-state index in [-0.39, 0.29) is 0 Å². The van der Waals surface area contributed by atoms with Crippen molar-refractivity contribution in [3.8, 4) is 5.75 Å². The Morgan fingerprint density at radius 1 is 1.08 bits per heavy atom. The van der Waals surface area contributed by atoms with Gasteiger partial charge >= 0.3 is 0 Å². The van der Waals surface area contributed by atoms with E-state index in [0.717, 1.165) is 24.3 Å². The van der Waals surface area contributed by atoms with Crippen LogP contribution in [0.15, 0.2) is 42.5 Å². The van der Waals surface area contributed by atoms with E-state index in [9.17, 15) is 0 Å². The van der Waals surface area contributed by atoms with Crippen LogP contribution in [0.2, 0.25) is 10.0 Å². The fraction of sp³-hybridized carbons (Fsp3) is 0.278. The molecule has 2 aromatic carbocycles. The molecule has 0 unspecified atom stereocenters. The standard InChI is InChI=1S/C18H20Cl2N2OS/c1-2-23-17-6-4-3-5-14(17)9-10-21-18(24)22-12-13-7-8-15(19)16(20)11-13/h3-8,11H,2,9-10,12H2,1H3,(H2,21,22,24). The van der Waals surface area contributed by atoms with Gasteiger partial charge in [-0.05, 0) is 54.9 Å². The number of rotatable bonds is 7. The number of nitrogens with one attached hydrogen (secondary N) is 2. The summed E-state index contributed by atoms with van der Waals surface area (Å²) in [4.78, 5) is 0. The van der Waals surface area contributed by atoms with Crippen molar-refractivity contribution in [1.29, 1.82) is 0 Å². The quantitative estimate of drug-likeness (QED) is 0.685. The summed E-state index contributed by atoms with van der Waals surface area (Å²) in [6.07, 6.45) is 0.838. The Hall–Kier alpha value is -1.49. The molecule has 128 valence electrons. The number of halogens is 2. The third-order valence-corrected chi connectivity index (χ3v) is 4.42. The molecule has 0 bridgehead atoms. The van der Waals surface area contributed by atoms with Gasteiger partial charge in [-0.3, -0.25) is 0 Å². The topological polar surface area (TPSA) is 33.3 Å². The van der Waals surface area contributed by atoms with Crippen molar-refractivity contribution >= 4 is 40.5 Å². The summed E-state index contributed by atoms with van der Waals surface area (Å²) in [7, 11) is 0. The second kappa shape index (κ2) is 9.72. The number of ether oxygens (including phenoxy) is 1. The molecular formula is C18H20Cl2N2OS. The largest absolute Gasteiger partial charge is 0.494 e. The highest BCUT2D eigenvalue weighted by atomic mass is 35.5. The van der Waals surface area contributed by atoms with Gasteiger partial charge in [0, 0.05) is 13.1 Å². The van der Waals surface area contributed by atoms with Crippen LogP contribution in [0.4, 0.5) is 0 Å². The molecular weight excluding hydrogens is 363 g/mol. The summed E-state index contributed by atoms with van der Waals surface area (Å²) in [5.74, 6) is 0.927. The average Bonchev–Trinajstić information content (AvgIpc) is 2.58. The SMILES string of the molecule is CCOc1ccccc1CCNC(=S)NCc1ccc(Cl)c(Cl)c1. The Morgan fingerprint density at radius 3 is 2.62 bits per heavy atom. The Bertz CT molecular complexity index is 694. The lowest BCUT2D eigenvalue weighted by Crippen LogP contribution is -2.35. The molecule has 24 heavy (non-hydrogen) atoms. The lowest BCUT2D eigenvalue weighted by molar-refractivity contribution is 0.336. The first-order valence-corrected chi connectivity index (χ1v) is 8.93. The first-order chi connectivity index (χ1) is 11.6. The van der Waals surface area contributed by atoms with Crippen LogP contribution < -0.4 is 15.4 Å².